The normalized spacial score (nSPS) is 25.5. The molecule has 1 heterocycles. The zero-order chi connectivity index (χ0) is 14.7. The summed E-state index contributed by atoms with van der Waals surface area (Å²) in [5.41, 5.74) is 7.22. The van der Waals surface area contributed by atoms with Crippen molar-refractivity contribution >= 4 is 5.91 Å². The zero-order valence-corrected chi connectivity index (χ0v) is 12.8. The summed E-state index contributed by atoms with van der Waals surface area (Å²) >= 11 is 0. The van der Waals surface area contributed by atoms with E-state index in [1.54, 1.807) is 0 Å². The molecule has 0 radical (unpaired) electrons. The fourth-order valence-corrected chi connectivity index (χ4v) is 2.99. The van der Waals surface area contributed by atoms with Crippen LogP contribution in [0.15, 0.2) is 30.3 Å². The molecule has 3 nitrogen and oxygen atoms in total. The van der Waals surface area contributed by atoms with E-state index in [0.29, 0.717) is 12.0 Å². The maximum absolute atomic E-state index is 12.4. The largest absolute Gasteiger partial charge is 0.339 e. The Morgan fingerprint density at radius 3 is 2.60 bits per heavy atom. The van der Waals surface area contributed by atoms with E-state index in [2.05, 4.69) is 31.2 Å². The Morgan fingerprint density at radius 2 is 2.00 bits per heavy atom. The molecule has 0 saturated carbocycles. The molecule has 1 aromatic rings. The van der Waals surface area contributed by atoms with Crippen molar-refractivity contribution in [1.29, 1.82) is 0 Å². The Labute approximate surface area is 122 Å². The molecule has 4 unspecified atom stereocenters. The minimum atomic E-state index is -0.0899. The van der Waals surface area contributed by atoms with Crippen molar-refractivity contribution in [3.05, 3.63) is 35.9 Å². The molecule has 1 aliphatic heterocycles. The van der Waals surface area contributed by atoms with Gasteiger partial charge in [-0.05, 0) is 38.2 Å². The second-order valence-corrected chi connectivity index (χ2v) is 6.16. The number of benzene rings is 1. The molecule has 1 saturated heterocycles. The van der Waals surface area contributed by atoms with Crippen LogP contribution in [0.1, 0.15) is 32.8 Å². The van der Waals surface area contributed by atoms with E-state index in [9.17, 15) is 4.79 Å². The van der Waals surface area contributed by atoms with Gasteiger partial charge in [0, 0.05) is 18.6 Å². The van der Waals surface area contributed by atoms with Crippen LogP contribution in [-0.4, -0.2) is 29.4 Å². The van der Waals surface area contributed by atoms with Gasteiger partial charge in [-0.25, -0.2) is 0 Å². The van der Waals surface area contributed by atoms with Crippen molar-refractivity contribution in [2.24, 2.45) is 17.6 Å². The molecular weight excluding hydrogens is 248 g/mol. The van der Waals surface area contributed by atoms with Crippen molar-refractivity contribution in [3.63, 3.8) is 0 Å². The molecule has 1 amide bonds. The van der Waals surface area contributed by atoms with E-state index >= 15 is 0 Å². The number of hydrogen-bond acceptors (Lipinski definition) is 2. The standard InChI is InChI=1S/C17H26N2O/c1-12(13(2)18)17(20)19-10-9-16(14(19)3)11-15-7-5-4-6-8-15/h4-8,12-14,16H,9-11,18H2,1-3H3. The first-order valence-corrected chi connectivity index (χ1v) is 7.60. The molecule has 1 aromatic carbocycles. The highest BCUT2D eigenvalue weighted by Crippen LogP contribution is 2.29. The van der Waals surface area contributed by atoms with Crippen molar-refractivity contribution in [2.45, 2.75) is 45.7 Å². The predicted molar refractivity (Wildman–Crippen MR) is 82.2 cm³/mol. The summed E-state index contributed by atoms with van der Waals surface area (Å²) in [5.74, 6) is 0.678. The number of nitrogens with two attached hydrogens (primary N) is 1. The van der Waals surface area contributed by atoms with Gasteiger partial charge >= 0.3 is 0 Å². The van der Waals surface area contributed by atoms with Crippen LogP contribution < -0.4 is 5.73 Å². The zero-order valence-electron chi connectivity index (χ0n) is 12.8. The fraction of sp³-hybridized carbons (Fsp3) is 0.588. The highest BCUT2D eigenvalue weighted by Gasteiger charge is 2.36. The van der Waals surface area contributed by atoms with Gasteiger partial charge in [0.05, 0.1) is 5.92 Å². The molecule has 2 rings (SSSR count). The van der Waals surface area contributed by atoms with Gasteiger partial charge in [0.25, 0.3) is 0 Å². The first kappa shape index (κ1) is 15.0. The first-order chi connectivity index (χ1) is 9.50. The van der Waals surface area contributed by atoms with Gasteiger partial charge in [-0.1, -0.05) is 37.3 Å². The van der Waals surface area contributed by atoms with Crippen molar-refractivity contribution in [3.8, 4) is 0 Å². The Hall–Kier alpha value is -1.35. The van der Waals surface area contributed by atoms with Gasteiger partial charge in [0.15, 0.2) is 0 Å². The molecular formula is C17H26N2O. The fourth-order valence-electron chi connectivity index (χ4n) is 2.99. The quantitative estimate of drug-likeness (QED) is 0.916. The van der Waals surface area contributed by atoms with Crippen LogP contribution in [0.3, 0.4) is 0 Å². The third kappa shape index (κ3) is 3.21. The molecule has 0 spiro atoms. The van der Waals surface area contributed by atoms with E-state index in [4.69, 9.17) is 5.73 Å². The predicted octanol–water partition coefficient (Wildman–Crippen LogP) is 2.45. The van der Waals surface area contributed by atoms with Crippen LogP contribution in [0.4, 0.5) is 0 Å². The lowest BCUT2D eigenvalue weighted by Gasteiger charge is -2.28. The summed E-state index contributed by atoms with van der Waals surface area (Å²) in [5, 5.41) is 0. The van der Waals surface area contributed by atoms with Gasteiger partial charge in [0.2, 0.25) is 5.91 Å². The number of carbonyl (C=O) groups is 1. The highest BCUT2D eigenvalue weighted by molar-refractivity contribution is 5.79. The molecule has 2 N–H and O–H groups in total. The van der Waals surface area contributed by atoms with Crippen molar-refractivity contribution in [2.75, 3.05) is 6.54 Å². The summed E-state index contributed by atoms with van der Waals surface area (Å²) in [7, 11) is 0. The molecule has 20 heavy (non-hydrogen) atoms. The minimum Gasteiger partial charge on any atom is -0.339 e. The van der Waals surface area contributed by atoms with E-state index in [1.807, 2.05) is 24.8 Å². The van der Waals surface area contributed by atoms with E-state index in [1.165, 1.54) is 5.56 Å². The molecule has 0 bridgehead atoms. The first-order valence-electron chi connectivity index (χ1n) is 7.60. The Kier molecular flexibility index (Phi) is 4.81. The van der Waals surface area contributed by atoms with Crippen LogP contribution in [0.25, 0.3) is 0 Å². The Balaban J connectivity index is 1.99. The molecule has 4 atom stereocenters. The number of amides is 1. The van der Waals surface area contributed by atoms with Crippen LogP contribution in [0.2, 0.25) is 0 Å². The molecule has 0 aromatic heterocycles. The second kappa shape index (κ2) is 6.40. The third-order valence-electron chi connectivity index (χ3n) is 4.72. The third-order valence-corrected chi connectivity index (χ3v) is 4.72. The molecule has 1 fully saturated rings. The maximum Gasteiger partial charge on any atom is 0.227 e. The summed E-state index contributed by atoms with van der Waals surface area (Å²) in [4.78, 5) is 14.5. The molecule has 3 heteroatoms. The van der Waals surface area contributed by atoms with E-state index < -0.39 is 0 Å². The highest BCUT2D eigenvalue weighted by atomic mass is 16.2. The van der Waals surface area contributed by atoms with Crippen LogP contribution in [-0.2, 0) is 11.2 Å². The maximum atomic E-state index is 12.4. The smallest absolute Gasteiger partial charge is 0.227 e. The topological polar surface area (TPSA) is 46.3 Å². The van der Waals surface area contributed by atoms with Crippen molar-refractivity contribution < 1.29 is 4.79 Å². The summed E-state index contributed by atoms with van der Waals surface area (Å²) < 4.78 is 0. The number of hydrogen-bond donors (Lipinski definition) is 1. The van der Waals surface area contributed by atoms with E-state index in [-0.39, 0.29) is 17.9 Å². The summed E-state index contributed by atoms with van der Waals surface area (Å²) in [6, 6.07) is 10.8. The number of likely N-dealkylation sites (tertiary alicyclic amines) is 1. The number of carbonyl (C=O) groups excluding carboxylic acids is 1. The van der Waals surface area contributed by atoms with Gasteiger partial charge in [-0.15, -0.1) is 0 Å². The Bertz CT molecular complexity index is 444. The van der Waals surface area contributed by atoms with E-state index in [0.717, 1.165) is 19.4 Å². The second-order valence-electron chi connectivity index (χ2n) is 6.16. The minimum absolute atomic E-state index is 0.0807. The Morgan fingerprint density at radius 1 is 1.35 bits per heavy atom. The lowest BCUT2D eigenvalue weighted by Crippen LogP contribution is -2.44. The summed E-state index contributed by atoms with van der Waals surface area (Å²) in [6.45, 7) is 6.88. The van der Waals surface area contributed by atoms with Crippen LogP contribution in [0, 0.1) is 11.8 Å². The number of nitrogens with zero attached hydrogens (tertiary/aromatic N) is 1. The molecule has 0 aliphatic carbocycles. The van der Waals surface area contributed by atoms with Crippen molar-refractivity contribution in [1.82, 2.24) is 4.90 Å². The van der Waals surface area contributed by atoms with Gasteiger partial charge in [0.1, 0.15) is 0 Å². The number of rotatable bonds is 4. The lowest BCUT2D eigenvalue weighted by atomic mass is 9.93. The van der Waals surface area contributed by atoms with Crippen LogP contribution >= 0.6 is 0 Å². The SMILES string of the molecule is CC(N)C(C)C(=O)N1CCC(Cc2ccccc2)C1C. The lowest BCUT2D eigenvalue weighted by molar-refractivity contribution is -0.136. The van der Waals surface area contributed by atoms with Gasteiger partial charge < -0.3 is 10.6 Å². The van der Waals surface area contributed by atoms with Gasteiger partial charge in [-0.2, -0.15) is 0 Å². The van der Waals surface area contributed by atoms with Crippen LogP contribution in [0.5, 0.6) is 0 Å². The molecule has 1 aliphatic rings. The molecule has 110 valence electrons. The summed E-state index contributed by atoms with van der Waals surface area (Å²) in [6.07, 6.45) is 2.14. The average Bonchev–Trinajstić information content (AvgIpc) is 2.80. The monoisotopic (exact) mass is 274 g/mol. The average molecular weight is 274 g/mol. The van der Waals surface area contributed by atoms with Gasteiger partial charge in [-0.3, -0.25) is 4.79 Å².